The van der Waals surface area contributed by atoms with E-state index in [-0.39, 0.29) is 0 Å². The van der Waals surface area contributed by atoms with Gasteiger partial charge in [-0.2, -0.15) is 11.8 Å². The number of rotatable bonds is 6. The van der Waals surface area contributed by atoms with E-state index in [0.29, 0.717) is 5.41 Å². The largest absolute Gasteiger partial charge is 0.319 e. The first-order valence-electron chi connectivity index (χ1n) is 6.58. The van der Waals surface area contributed by atoms with E-state index in [1.807, 2.05) is 0 Å². The molecule has 0 spiro atoms. The topological polar surface area (TPSA) is 15.3 Å². The van der Waals surface area contributed by atoms with Gasteiger partial charge in [-0.3, -0.25) is 0 Å². The molecule has 1 aliphatic heterocycles. The maximum atomic E-state index is 3.36. The molecule has 0 aromatic heterocycles. The highest BCUT2D eigenvalue weighted by molar-refractivity contribution is 7.99. The minimum atomic E-state index is 0.450. The number of nitrogens with zero attached hydrogens (tertiary/aromatic N) is 1. The summed E-state index contributed by atoms with van der Waals surface area (Å²) >= 11 is 2.12. The highest BCUT2D eigenvalue weighted by atomic mass is 32.2. The summed E-state index contributed by atoms with van der Waals surface area (Å²) in [4.78, 5) is 2.66. The van der Waals surface area contributed by atoms with Gasteiger partial charge in [-0.1, -0.05) is 27.2 Å². The molecule has 0 amide bonds. The summed E-state index contributed by atoms with van der Waals surface area (Å²) in [5.41, 5.74) is 0.450. The molecule has 1 rings (SSSR count). The van der Waals surface area contributed by atoms with Crippen molar-refractivity contribution in [2.45, 2.75) is 38.9 Å². The van der Waals surface area contributed by atoms with Crippen molar-refractivity contribution >= 4 is 11.8 Å². The van der Waals surface area contributed by atoms with E-state index in [2.05, 4.69) is 49.8 Å². The van der Waals surface area contributed by atoms with Gasteiger partial charge in [0.05, 0.1) is 0 Å². The fourth-order valence-corrected chi connectivity index (χ4v) is 3.91. The molecule has 16 heavy (non-hydrogen) atoms. The molecule has 96 valence electrons. The Morgan fingerprint density at radius 1 is 1.50 bits per heavy atom. The third kappa shape index (κ3) is 4.64. The van der Waals surface area contributed by atoms with E-state index in [0.717, 1.165) is 11.8 Å². The van der Waals surface area contributed by atoms with Gasteiger partial charge in [-0.05, 0) is 18.9 Å². The Morgan fingerprint density at radius 2 is 2.25 bits per heavy atom. The Kier molecular flexibility index (Phi) is 6.16. The van der Waals surface area contributed by atoms with Crippen molar-refractivity contribution in [1.82, 2.24) is 10.2 Å². The molecule has 1 N–H and O–H groups in total. The van der Waals surface area contributed by atoms with Gasteiger partial charge in [0.1, 0.15) is 0 Å². The molecule has 0 saturated carbocycles. The van der Waals surface area contributed by atoms with Crippen molar-refractivity contribution in [1.29, 1.82) is 0 Å². The molecule has 1 saturated heterocycles. The van der Waals surface area contributed by atoms with Gasteiger partial charge in [-0.15, -0.1) is 0 Å². The van der Waals surface area contributed by atoms with Crippen LogP contribution in [0.2, 0.25) is 0 Å². The molecule has 0 aliphatic carbocycles. The number of nitrogens with one attached hydrogen (secondary N) is 1. The molecule has 1 fully saturated rings. The lowest BCUT2D eigenvalue weighted by molar-refractivity contribution is 0.156. The van der Waals surface area contributed by atoms with Crippen molar-refractivity contribution in [2.75, 3.05) is 39.0 Å². The highest BCUT2D eigenvalue weighted by Crippen LogP contribution is 2.26. The SMILES string of the molecule is CCCC(C)(CNC)CN1CCSC(C)C1. The van der Waals surface area contributed by atoms with E-state index in [4.69, 9.17) is 0 Å². The van der Waals surface area contributed by atoms with Crippen LogP contribution in [0.5, 0.6) is 0 Å². The fourth-order valence-electron chi connectivity index (χ4n) is 2.83. The zero-order valence-corrected chi connectivity index (χ0v) is 12.2. The standard InChI is InChI=1S/C13H28N2S/c1-5-6-13(3,10-14-4)11-15-7-8-16-12(2)9-15/h12,14H,5-11H2,1-4H3. The van der Waals surface area contributed by atoms with Gasteiger partial charge >= 0.3 is 0 Å². The maximum Gasteiger partial charge on any atom is 0.0147 e. The normalized spacial score (nSPS) is 26.6. The number of hydrogen-bond donors (Lipinski definition) is 1. The van der Waals surface area contributed by atoms with E-state index in [9.17, 15) is 0 Å². The molecule has 3 heteroatoms. The van der Waals surface area contributed by atoms with Crippen LogP contribution in [0.4, 0.5) is 0 Å². The first kappa shape index (κ1) is 14.3. The average Bonchev–Trinajstić information content (AvgIpc) is 2.17. The average molecular weight is 244 g/mol. The van der Waals surface area contributed by atoms with Gasteiger partial charge in [0.25, 0.3) is 0 Å². The third-order valence-corrected chi connectivity index (χ3v) is 4.52. The van der Waals surface area contributed by atoms with Crippen LogP contribution in [-0.4, -0.2) is 49.1 Å². The third-order valence-electron chi connectivity index (χ3n) is 3.39. The highest BCUT2D eigenvalue weighted by Gasteiger charge is 2.27. The van der Waals surface area contributed by atoms with Crippen molar-refractivity contribution in [3.8, 4) is 0 Å². The molecule has 0 aromatic carbocycles. The van der Waals surface area contributed by atoms with Crippen LogP contribution in [0.3, 0.4) is 0 Å². The fraction of sp³-hybridized carbons (Fsp3) is 1.00. The Hall–Kier alpha value is 0.270. The lowest BCUT2D eigenvalue weighted by Crippen LogP contribution is -2.46. The minimum Gasteiger partial charge on any atom is -0.319 e. The molecular weight excluding hydrogens is 216 g/mol. The second kappa shape index (κ2) is 6.87. The Morgan fingerprint density at radius 3 is 2.81 bits per heavy atom. The zero-order chi connectivity index (χ0) is 12.0. The second-order valence-electron chi connectivity index (χ2n) is 5.51. The van der Waals surface area contributed by atoms with E-state index in [1.165, 1.54) is 38.2 Å². The van der Waals surface area contributed by atoms with Crippen LogP contribution in [-0.2, 0) is 0 Å². The molecule has 0 bridgehead atoms. The zero-order valence-electron chi connectivity index (χ0n) is 11.4. The molecule has 1 heterocycles. The van der Waals surface area contributed by atoms with Gasteiger partial charge in [0.2, 0.25) is 0 Å². The van der Waals surface area contributed by atoms with E-state index >= 15 is 0 Å². The summed E-state index contributed by atoms with van der Waals surface area (Å²) in [6, 6.07) is 0. The quantitative estimate of drug-likeness (QED) is 0.772. The second-order valence-corrected chi connectivity index (χ2v) is 7.05. The van der Waals surface area contributed by atoms with Gasteiger partial charge < -0.3 is 10.2 Å². The van der Waals surface area contributed by atoms with Crippen molar-refractivity contribution in [3.63, 3.8) is 0 Å². The lowest BCUT2D eigenvalue weighted by Gasteiger charge is -2.38. The summed E-state index contributed by atoms with van der Waals surface area (Å²) < 4.78 is 0. The van der Waals surface area contributed by atoms with Gasteiger partial charge in [0, 0.05) is 37.2 Å². The summed E-state index contributed by atoms with van der Waals surface area (Å²) in [6.45, 7) is 12.0. The van der Waals surface area contributed by atoms with Crippen LogP contribution in [0, 0.1) is 5.41 Å². The predicted molar refractivity (Wildman–Crippen MR) is 75.3 cm³/mol. The summed E-state index contributed by atoms with van der Waals surface area (Å²) in [5, 5.41) is 4.18. The van der Waals surface area contributed by atoms with Gasteiger partial charge in [0.15, 0.2) is 0 Å². The van der Waals surface area contributed by atoms with Crippen LogP contribution >= 0.6 is 11.8 Å². The molecule has 0 radical (unpaired) electrons. The molecule has 1 aliphatic rings. The van der Waals surface area contributed by atoms with E-state index < -0.39 is 0 Å². The first-order valence-corrected chi connectivity index (χ1v) is 7.63. The summed E-state index contributed by atoms with van der Waals surface area (Å²) in [7, 11) is 2.07. The summed E-state index contributed by atoms with van der Waals surface area (Å²) in [5.74, 6) is 1.31. The van der Waals surface area contributed by atoms with E-state index in [1.54, 1.807) is 0 Å². The predicted octanol–water partition coefficient (Wildman–Crippen LogP) is 2.45. The smallest absolute Gasteiger partial charge is 0.0147 e. The van der Waals surface area contributed by atoms with Crippen LogP contribution in [0.25, 0.3) is 0 Å². The van der Waals surface area contributed by atoms with Crippen molar-refractivity contribution in [2.24, 2.45) is 5.41 Å². The molecular formula is C13H28N2S. The lowest BCUT2D eigenvalue weighted by atomic mass is 9.84. The number of thioether (sulfide) groups is 1. The maximum absolute atomic E-state index is 3.36. The Balaban J connectivity index is 2.46. The molecule has 2 atom stereocenters. The summed E-state index contributed by atoms with van der Waals surface area (Å²) in [6.07, 6.45) is 2.61. The Bertz CT molecular complexity index is 190. The number of hydrogen-bond acceptors (Lipinski definition) is 3. The van der Waals surface area contributed by atoms with Crippen LogP contribution < -0.4 is 5.32 Å². The van der Waals surface area contributed by atoms with Crippen LogP contribution in [0.15, 0.2) is 0 Å². The first-order chi connectivity index (χ1) is 7.59. The molecule has 0 aromatic rings. The molecule has 2 unspecified atom stereocenters. The molecule has 2 nitrogen and oxygen atoms in total. The monoisotopic (exact) mass is 244 g/mol. The van der Waals surface area contributed by atoms with Gasteiger partial charge in [-0.25, -0.2) is 0 Å². The minimum absolute atomic E-state index is 0.450. The van der Waals surface area contributed by atoms with Crippen molar-refractivity contribution in [3.05, 3.63) is 0 Å². The Labute approximate surface area is 106 Å². The van der Waals surface area contributed by atoms with Crippen molar-refractivity contribution < 1.29 is 0 Å². The van der Waals surface area contributed by atoms with Crippen LogP contribution in [0.1, 0.15) is 33.6 Å².